The fourth-order valence-corrected chi connectivity index (χ4v) is 2.99. The molecule has 0 aromatic heterocycles. The predicted molar refractivity (Wildman–Crippen MR) is 62.7 cm³/mol. The molecule has 0 aliphatic carbocycles. The quantitative estimate of drug-likeness (QED) is 0.869. The Labute approximate surface area is 100 Å². The third-order valence-corrected chi connectivity index (χ3v) is 5.00. The Morgan fingerprint density at radius 3 is 2.53 bits per heavy atom. The second-order valence-corrected chi connectivity index (χ2v) is 6.24. The number of hydrogen-bond donors (Lipinski definition) is 1. The average molecular weight is 258 g/mol. The van der Waals surface area contributed by atoms with Crippen LogP contribution in [0.3, 0.4) is 0 Å². The molecule has 0 radical (unpaired) electrons. The lowest BCUT2D eigenvalue weighted by atomic mass is 10.2. The third kappa shape index (κ3) is 2.20. The van der Waals surface area contributed by atoms with Gasteiger partial charge in [-0.25, -0.2) is 12.8 Å². The van der Waals surface area contributed by atoms with Crippen molar-refractivity contribution in [1.29, 1.82) is 0 Å². The maximum atomic E-state index is 13.4. The van der Waals surface area contributed by atoms with Crippen molar-refractivity contribution in [3.8, 4) is 0 Å². The Kier molecular flexibility index (Phi) is 3.20. The Hall–Kier alpha value is -0.980. The van der Waals surface area contributed by atoms with E-state index in [9.17, 15) is 12.8 Å². The van der Waals surface area contributed by atoms with Crippen LogP contribution in [0.1, 0.15) is 5.56 Å². The van der Waals surface area contributed by atoms with Crippen LogP contribution in [-0.2, 0) is 10.0 Å². The molecule has 0 bridgehead atoms. The van der Waals surface area contributed by atoms with Gasteiger partial charge in [-0.2, -0.15) is 4.31 Å². The van der Waals surface area contributed by atoms with Crippen LogP contribution in [0.2, 0.25) is 0 Å². The first-order valence-corrected chi connectivity index (χ1v) is 6.82. The zero-order valence-electron chi connectivity index (χ0n) is 9.77. The van der Waals surface area contributed by atoms with Crippen LogP contribution in [-0.4, -0.2) is 38.9 Å². The lowest BCUT2D eigenvalue weighted by Gasteiger charge is -2.34. The van der Waals surface area contributed by atoms with E-state index in [1.54, 1.807) is 6.92 Å². The lowest BCUT2D eigenvalue weighted by molar-refractivity contribution is 0.274. The summed E-state index contributed by atoms with van der Waals surface area (Å²) in [6.07, 6.45) is 0. The second-order valence-electron chi connectivity index (χ2n) is 4.24. The summed E-state index contributed by atoms with van der Waals surface area (Å²) in [5.41, 5.74) is 0.442. The first-order chi connectivity index (χ1) is 7.93. The Morgan fingerprint density at radius 1 is 1.41 bits per heavy atom. The van der Waals surface area contributed by atoms with Gasteiger partial charge in [0.25, 0.3) is 0 Å². The monoisotopic (exact) mass is 258 g/mol. The fraction of sp³-hybridized carbons (Fsp3) is 0.455. The van der Waals surface area contributed by atoms with Gasteiger partial charge in [0.15, 0.2) is 0 Å². The lowest BCUT2D eigenvalue weighted by Crippen LogP contribution is -2.57. The summed E-state index contributed by atoms with van der Waals surface area (Å²) >= 11 is 0. The SMILES string of the molecule is Cc1ccc(S(=O)(=O)N(C)C2CNC2)cc1F. The van der Waals surface area contributed by atoms with Gasteiger partial charge in [0.1, 0.15) is 5.82 Å². The molecule has 1 N–H and O–H groups in total. The van der Waals surface area contributed by atoms with Crippen molar-refractivity contribution >= 4 is 10.0 Å². The number of sulfonamides is 1. The molecule has 1 saturated heterocycles. The van der Waals surface area contributed by atoms with Crippen molar-refractivity contribution in [2.24, 2.45) is 0 Å². The van der Waals surface area contributed by atoms with Gasteiger partial charge in [0.2, 0.25) is 10.0 Å². The van der Waals surface area contributed by atoms with Gasteiger partial charge < -0.3 is 5.32 Å². The van der Waals surface area contributed by atoms with Crippen molar-refractivity contribution in [2.45, 2.75) is 17.9 Å². The molecule has 1 aliphatic heterocycles. The molecule has 1 aromatic carbocycles. The van der Waals surface area contributed by atoms with Gasteiger partial charge in [-0.3, -0.25) is 0 Å². The number of benzene rings is 1. The minimum Gasteiger partial charge on any atom is -0.313 e. The molecule has 0 saturated carbocycles. The van der Waals surface area contributed by atoms with E-state index >= 15 is 0 Å². The number of nitrogens with one attached hydrogen (secondary N) is 1. The number of halogens is 1. The molecule has 17 heavy (non-hydrogen) atoms. The van der Waals surface area contributed by atoms with Gasteiger partial charge >= 0.3 is 0 Å². The highest BCUT2D eigenvalue weighted by atomic mass is 32.2. The third-order valence-electron chi connectivity index (χ3n) is 3.09. The summed E-state index contributed by atoms with van der Waals surface area (Å²) in [6.45, 7) is 2.89. The van der Waals surface area contributed by atoms with Crippen LogP contribution >= 0.6 is 0 Å². The highest BCUT2D eigenvalue weighted by Crippen LogP contribution is 2.20. The Balaban J connectivity index is 2.33. The highest BCUT2D eigenvalue weighted by molar-refractivity contribution is 7.89. The van der Waals surface area contributed by atoms with Crippen molar-refractivity contribution in [2.75, 3.05) is 20.1 Å². The predicted octanol–water partition coefficient (Wildman–Crippen LogP) is 0.726. The zero-order valence-corrected chi connectivity index (χ0v) is 10.6. The van der Waals surface area contributed by atoms with E-state index in [1.807, 2.05) is 0 Å². The smallest absolute Gasteiger partial charge is 0.243 e. The molecule has 0 spiro atoms. The van der Waals surface area contributed by atoms with E-state index in [0.29, 0.717) is 18.7 Å². The van der Waals surface area contributed by atoms with Crippen molar-refractivity contribution in [3.05, 3.63) is 29.6 Å². The first-order valence-electron chi connectivity index (χ1n) is 5.38. The topological polar surface area (TPSA) is 49.4 Å². The van der Waals surface area contributed by atoms with E-state index in [2.05, 4.69) is 5.32 Å². The highest BCUT2D eigenvalue weighted by Gasteiger charge is 2.31. The van der Waals surface area contributed by atoms with E-state index in [1.165, 1.54) is 23.5 Å². The number of aryl methyl sites for hydroxylation is 1. The van der Waals surface area contributed by atoms with Crippen LogP contribution in [0.5, 0.6) is 0 Å². The number of likely N-dealkylation sites (N-methyl/N-ethyl adjacent to an activating group) is 1. The summed E-state index contributed by atoms with van der Waals surface area (Å²) in [6, 6.07) is 3.96. The standard InChI is InChI=1S/C11H15FN2O2S/c1-8-3-4-10(5-11(8)12)17(15,16)14(2)9-6-13-7-9/h3-5,9,13H,6-7H2,1-2H3. The summed E-state index contributed by atoms with van der Waals surface area (Å²) in [5.74, 6) is -0.494. The maximum absolute atomic E-state index is 13.4. The van der Waals surface area contributed by atoms with Gasteiger partial charge in [-0.05, 0) is 24.6 Å². The molecule has 94 valence electrons. The number of hydrogen-bond acceptors (Lipinski definition) is 3. The van der Waals surface area contributed by atoms with E-state index in [4.69, 9.17) is 0 Å². The minimum atomic E-state index is -3.58. The van der Waals surface area contributed by atoms with Crippen molar-refractivity contribution in [1.82, 2.24) is 9.62 Å². The molecule has 1 heterocycles. The van der Waals surface area contributed by atoms with E-state index in [-0.39, 0.29) is 10.9 Å². The van der Waals surface area contributed by atoms with Crippen LogP contribution in [0, 0.1) is 12.7 Å². The fourth-order valence-electron chi connectivity index (χ4n) is 1.63. The van der Waals surface area contributed by atoms with Crippen LogP contribution in [0.15, 0.2) is 23.1 Å². The van der Waals surface area contributed by atoms with Crippen LogP contribution < -0.4 is 5.32 Å². The van der Waals surface area contributed by atoms with Crippen molar-refractivity contribution in [3.63, 3.8) is 0 Å². The molecule has 0 amide bonds. The molecule has 1 aliphatic rings. The molecular weight excluding hydrogens is 243 g/mol. The molecular formula is C11H15FN2O2S. The first kappa shape index (κ1) is 12.5. The average Bonchev–Trinajstić information content (AvgIpc) is 2.19. The number of nitrogens with zero attached hydrogens (tertiary/aromatic N) is 1. The summed E-state index contributed by atoms with van der Waals surface area (Å²) in [7, 11) is -2.06. The van der Waals surface area contributed by atoms with Crippen molar-refractivity contribution < 1.29 is 12.8 Å². The van der Waals surface area contributed by atoms with Crippen LogP contribution in [0.25, 0.3) is 0 Å². The van der Waals surface area contributed by atoms with E-state index in [0.717, 1.165) is 6.07 Å². The maximum Gasteiger partial charge on any atom is 0.243 e. The van der Waals surface area contributed by atoms with Gasteiger partial charge in [-0.1, -0.05) is 6.07 Å². The second kappa shape index (κ2) is 4.36. The molecule has 0 unspecified atom stereocenters. The Bertz CT molecular complexity index is 526. The van der Waals surface area contributed by atoms with E-state index < -0.39 is 15.8 Å². The minimum absolute atomic E-state index is 0.00926. The summed E-state index contributed by atoms with van der Waals surface area (Å²) in [5, 5.41) is 3.01. The van der Waals surface area contributed by atoms with Gasteiger partial charge in [0.05, 0.1) is 4.90 Å². The molecule has 1 aromatic rings. The summed E-state index contributed by atoms with van der Waals surface area (Å²) in [4.78, 5) is 0.00926. The largest absolute Gasteiger partial charge is 0.313 e. The molecule has 0 atom stereocenters. The number of rotatable bonds is 3. The molecule has 6 heteroatoms. The Morgan fingerprint density at radius 2 is 2.06 bits per heavy atom. The molecule has 2 rings (SSSR count). The van der Waals surface area contributed by atoms with Crippen LogP contribution in [0.4, 0.5) is 4.39 Å². The normalized spacial score (nSPS) is 17.2. The van der Waals surface area contributed by atoms with Gasteiger partial charge in [-0.15, -0.1) is 0 Å². The molecule has 4 nitrogen and oxygen atoms in total. The zero-order chi connectivity index (χ0) is 12.6. The summed E-state index contributed by atoms with van der Waals surface area (Å²) < 4.78 is 39.0. The molecule has 1 fully saturated rings. The van der Waals surface area contributed by atoms with Gasteiger partial charge in [0, 0.05) is 26.2 Å².